The van der Waals surface area contributed by atoms with Crippen LogP contribution in [0.3, 0.4) is 0 Å². The Hall–Kier alpha value is -3.06. The normalized spacial score (nSPS) is 26.6. The molecule has 1 saturated heterocycles. The molecule has 0 aromatic heterocycles. The summed E-state index contributed by atoms with van der Waals surface area (Å²) in [5.74, 6) is 0.783. The van der Waals surface area contributed by atoms with Crippen LogP contribution in [0.15, 0.2) is 36.4 Å². The van der Waals surface area contributed by atoms with E-state index in [1.807, 2.05) is 43.3 Å². The lowest BCUT2D eigenvalue weighted by Crippen LogP contribution is -2.53. The second kappa shape index (κ2) is 8.47. The summed E-state index contributed by atoms with van der Waals surface area (Å²) in [6, 6.07) is 11.2. The van der Waals surface area contributed by atoms with Crippen LogP contribution < -0.4 is 14.2 Å². The Morgan fingerprint density at radius 1 is 1.03 bits per heavy atom. The Morgan fingerprint density at radius 3 is 2.25 bits per heavy atom. The molecule has 4 rings (SSSR count). The van der Waals surface area contributed by atoms with Crippen LogP contribution in [0.25, 0.3) is 0 Å². The van der Waals surface area contributed by atoms with Crippen molar-refractivity contribution in [1.82, 2.24) is 4.90 Å². The van der Waals surface area contributed by atoms with Gasteiger partial charge in [-0.1, -0.05) is 12.1 Å². The van der Waals surface area contributed by atoms with E-state index >= 15 is 0 Å². The second-order valence-corrected chi connectivity index (χ2v) is 8.40. The first-order chi connectivity index (χ1) is 15.4. The first-order valence-electron chi connectivity index (χ1n) is 10.6. The van der Waals surface area contributed by atoms with Crippen LogP contribution in [-0.4, -0.2) is 57.7 Å². The zero-order valence-electron chi connectivity index (χ0n) is 19.1. The SMILES string of the molecule is COC(=O)[C@@]1(C)[C@H](c2ccc(OC)cc2)[C@@H](C=O)[C@@H]2c3cc(OC)c(OC)cc3CCN21. The number of hydrogen-bond donors (Lipinski definition) is 0. The number of carbonyl (C=O) groups is 2. The third-order valence-corrected chi connectivity index (χ3v) is 7.10. The highest BCUT2D eigenvalue weighted by Crippen LogP contribution is 2.57. The fourth-order valence-electron chi connectivity index (χ4n) is 5.61. The Labute approximate surface area is 188 Å². The van der Waals surface area contributed by atoms with E-state index in [1.54, 1.807) is 21.3 Å². The van der Waals surface area contributed by atoms with Gasteiger partial charge in [-0.15, -0.1) is 0 Å². The van der Waals surface area contributed by atoms with Crippen LogP contribution in [0.2, 0.25) is 0 Å². The van der Waals surface area contributed by atoms with E-state index in [2.05, 4.69) is 4.90 Å². The number of ether oxygens (including phenoxy) is 4. The van der Waals surface area contributed by atoms with Gasteiger partial charge < -0.3 is 23.7 Å². The van der Waals surface area contributed by atoms with Crippen molar-refractivity contribution in [2.24, 2.45) is 5.92 Å². The average Bonchev–Trinajstić information content (AvgIpc) is 3.11. The van der Waals surface area contributed by atoms with Crippen LogP contribution >= 0.6 is 0 Å². The van der Waals surface area contributed by atoms with Crippen molar-refractivity contribution in [2.75, 3.05) is 35.0 Å². The predicted molar refractivity (Wildman–Crippen MR) is 118 cm³/mol. The summed E-state index contributed by atoms with van der Waals surface area (Å²) in [6.07, 6.45) is 1.70. The molecule has 0 N–H and O–H groups in total. The van der Waals surface area contributed by atoms with Gasteiger partial charge in [0.15, 0.2) is 11.5 Å². The molecule has 0 saturated carbocycles. The molecule has 4 atom stereocenters. The standard InChI is InChI=1S/C25H29NO6/c1-25(24(28)32-5)22(15-6-8-17(29-2)9-7-15)19(14-27)23-18-13-21(31-4)20(30-3)12-16(18)10-11-26(23)25/h6-9,12-14,19,22-23H,10-11H2,1-5H3/t19-,22-,23+,25-/m1/s1. The van der Waals surface area contributed by atoms with E-state index in [1.165, 1.54) is 7.11 Å². The summed E-state index contributed by atoms with van der Waals surface area (Å²) in [5.41, 5.74) is 1.97. The van der Waals surface area contributed by atoms with Crippen molar-refractivity contribution in [1.29, 1.82) is 0 Å². The Bertz CT molecular complexity index is 1020. The number of aldehydes is 1. The number of methoxy groups -OCH3 is 4. The highest BCUT2D eigenvalue weighted by Gasteiger charge is 2.62. The first kappa shape index (κ1) is 22.1. The van der Waals surface area contributed by atoms with Crippen LogP contribution in [0.5, 0.6) is 17.2 Å². The van der Waals surface area contributed by atoms with Gasteiger partial charge in [-0.2, -0.15) is 0 Å². The molecule has 2 aromatic carbocycles. The molecule has 0 radical (unpaired) electrons. The van der Waals surface area contributed by atoms with Crippen molar-refractivity contribution in [3.63, 3.8) is 0 Å². The molecule has 2 aromatic rings. The summed E-state index contributed by atoms with van der Waals surface area (Å²) < 4.78 is 21.6. The zero-order valence-corrected chi connectivity index (χ0v) is 19.1. The van der Waals surface area contributed by atoms with Crippen LogP contribution in [0.4, 0.5) is 0 Å². The summed E-state index contributed by atoms with van der Waals surface area (Å²) in [5, 5.41) is 0. The zero-order chi connectivity index (χ0) is 23.0. The minimum Gasteiger partial charge on any atom is -0.497 e. The van der Waals surface area contributed by atoms with Gasteiger partial charge in [0.1, 0.15) is 17.6 Å². The maximum Gasteiger partial charge on any atom is 0.326 e. The van der Waals surface area contributed by atoms with Gasteiger partial charge >= 0.3 is 5.97 Å². The molecule has 2 aliphatic heterocycles. The largest absolute Gasteiger partial charge is 0.497 e. The molecule has 0 spiro atoms. The fraction of sp³-hybridized carbons (Fsp3) is 0.440. The molecule has 32 heavy (non-hydrogen) atoms. The molecule has 7 heteroatoms. The van der Waals surface area contributed by atoms with Crippen LogP contribution in [0, 0.1) is 5.92 Å². The summed E-state index contributed by atoms with van der Waals surface area (Å²) in [6.45, 7) is 2.51. The lowest BCUT2D eigenvalue weighted by Gasteiger charge is -2.41. The van der Waals surface area contributed by atoms with Crippen molar-refractivity contribution in [3.8, 4) is 17.2 Å². The molecule has 170 valence electrons. The van der Waals surface area contributed by atoms with E-state index < -0.39 is 11.5 Å². The van der Waals surface area contributed by atoms with Crippen LogP contribution in [-0.2, 0) is 20.7 Å². The number of esters is 1. The summed E-state index contributed by atoms with van der Waals surface area (Å²) in [4.78, 5) is 28.0. The monoisotopic (exact) mass is 439 g/mol. The smallest absolute Gasteiger partial charge is 0.326 e. The third-order valence-electron chi connectivity index (χ3n) is 7.10. The molecule has 1 fully saturated rings. The van der Waals surface area contributed by atoms with Gasteiger partial charge in [0.2, 0.25) is 0 Å². The van der Waals surface area contributed by atoms with Gasteiger partial charge in [-0.05, 0) is 54.3 Å². The second-order valence-electron chi connectivity index (χ2n) is 8.40. The molecule has 0 aliphatic carbocycles. The van der Waals surface area contributed by atoms with Gasteiger partial charge in [0.25, 0.3) is 0 Å². The predicted octanol–water partition coefficient (Wildman–Crippen LogP) is 3.16. The lowest BCUT2D eigenvalue weighted by molar-refractivity contribution is -0.154. The third kappa shape index (κ3) is 3.14. The molecule has 0 amide bonds. The van der Waals surface area contributed by atoms with Gasteiger partial charge in [0.05, 0.1) is 28.4 Å². The maximum atomic E-state index is 13.2. The Morgan fingerprint density at radius 2 is 1.69 bits per heavy atom. The van der Waals surface area contributed by atoms with Crippen molar-refractivity contribution in [3.05, 3.63) is 53.1 Å². The van der Waals surface area contributed by atoms with E-state index in [0.717, 1.165) is 29.4 Å². The van der Waals surface area contributed by atoms with Crippen LogP contribution in [0.1, 0.15) is 35.6 Å². The van der Waals surface area contributed by atoms with E-state index in [9.17, 15) is 9.59 Å². The molecule has 2 heterocycles. The summed E-state index contributed by atoms with van der Waals surface area (Å²) >= 11 is 0. The van der Waals surface area contributed by atoms with Gasteiger partial charge in [-0.25, -0.2) is 0 Å². The molecular weight excluding hydrogens is 410 g/mol. The molecule has 2 aliphatic rings. The minimum absolute atomic E-state index is 0.285. The number of rotatable bonds is 6. The minimum atomic E-state index is -1.01. The van der Waals surface area contributed by atoms with Crippen molar-refractivity contribution < 1.29 is 28.5 Å². The average molecular weight is 440 g/mol. The molecule has 0 unspecified atom stereocenters. The fourth-order valence-corrected chi connectivity index (χ4v) is 5.61. The quantitative estimate of drug-likeness (QED) is 0.506. The lowest BCUT2D eigenvalue weighted by atomic mass is 9.75. The van der Waals surface area contributed by atoms with Gasteiger partial charge in [-0.3, -0.25) is 9.69 Å². The molecule has 7 nitrogen and oxygen atoms in total. The van der Waals surface area contributed by atoms with E-state index in [-0.39, 0.29) is 17.9 Å². The topological polar surface area (TPSA) is 74.3 Å². The van der Waals surface area contributed by atoms with E-state index in [4.69, 9.17) is 18.9 Å². The van der Waals surface area contributed by atoms with E-state index in [0.29, 0.717) is 23.8 Å². The number of benzene rings is 2. The van der Waals surface area contributed by atoms with Gasteiger partial charge in [0, 0.05) is 24.4 Å². The Balaban J connectivity index is 1.91. The number of hydrogen-bond acceptors (Lipinski definition) is 7. The van der Waals surface area contributed by atoms with Crippen molar-refractivity contribution in [2.45, 2.75) is 30.8 Å². The number of carbonyl (C=O) groups excluding carboxylic acids is 2. The highest BCUT2D eigenvalue weighted by atomic mass is 16.5. The Kier molecular flexibility index (Phi) is 5.86. The van der Waals surface area contributed by atoms with Crippen molar-refractivity contribution >= 4 is 12.3 Å². The highest BCUT2D eigenvalue weighted by molar-refractivity contribution is 5.85. The molecule has 0 bridgehead atoms. The number of nitrogens with zero attached hydrogens (tertiary/aromatic N) is 1. The maximum absolute atomic E-state index is 13.2. The molecular formula is C25H29NO6. The number of fused-ring (bicyclic) bond motifs is 3. The first-order valence-corrected chi connectivity index (χ1v) is 10.6. The summed E-state index contributed by atoms with van der Waals surface area (Å²) in [7, 11) is 6.20.